The summed E-state index contributed by atoms with van der Waals surface area (Å²) in [7, 11) is 0. The van der Waals surface area contributed by atoms with Gasteiger partial charge in [0.25, 0.3) is 0 Å². The zero-order valence-electron chi connectivity index (χ0n) is 17.0. The van der Waals surface area contributed by atoms with Gasteiger partial charge in [0, 0.05) is 12.2 Å². The molecule has 0 spiro atoms. The molecule has 29 heavy (non-hydrogen) atoms. The van der Waals surface area contributed by atoms with Crippen molar-refractivity contribution in [3.05, 3.63) is 48.6 Å². The summed E-state index contributed by atoms with van der Waals surface area (Å²) in [5, 5.41) is 11.9. The van der Waals surface area contributed by atoms with Crippen LogP contribution in [-0.4, -0.2) is 50.5 Å². The molecule has 1 aliphatic heterocycles. The third kappa shape index (κ3) is 5.25. The van der Waals surface area contributed by atoms with Crippen molar-refractivity contribution in [1.29, 1.82) is 0 Å². The lowest BCUT2D eigenvalue weighted by molar-refractivity contribution is -0.120. The Morgan fingerprint density at radius 3 is 2.59 bits per heavy atom. The average Bonchev–Trinajstić information content (AvgIpc) is 3.16. The molecule has 6 nitrogen and oxygen atoms in total. The molecular formula is C21H28FN5OS. The Hall–Kier alpha value is -2.19. The van der Waals surface area contributed by atoms with E-state index >= 15 is 0 Å². The number of rotatable bonds is 8. The number of carbonyl (C=O) groups is 1. The lowest BCUT2D eigenvalue weighted by Gasteiger charge is -2.32. The van der Waals surface area contributed by atoms with E-state index in [1.165, 1.54) is 43.2 Å². The first-order chi connectivity index (χ1) is 14.0. The van der Waals surface area contributed by atoms with Crippen LogP contribution in [0.4, 0.5) is 4.39 Å². The van der Waals surface area contributed by atoms with Crippen molar-refractivity contribution in [3.63, 3.8) is 0 Å². The first-order valence-corrected chi connectivity index (χ1v) is 10.9. The minimum atomic E-state index is -0.350. The minimum Gasteiger partial charge on any atom is -0.352 e. The molecule has 1 aliphatic rings. The summed E-state index contributed by atoms with van der Waals surface area (Å²) in [6.45, 7) is 10.1. The highest BCUT2D eigenvalue weighted by Crippen LogP contribution is 2.31. The van der Waals surface area contributed by atoms with Gasteiger partial charge in [-0.3, -0.25) is 14.3 Å². The van der Waals surface area contributed by atoms with E-state index in [1.54, 1.807) is 18.2 Å². The number of piperidine rings is 1. The number of hydrogen-bond donors (Lipinski definition) is 1. The molecular weight excluding hydrogens is 389 g/mol. The van der Waals surface area contributed by atoms with E-state index in [1.807, 2.05) is 11.5 Å². The fourth-order valence-corrected chi connectivity index (χ4v) is 4.36. The second-order valence-electron chi connectivity index (χ2n) is 7.22. The normalized spacial score (nSPS) is 16.9. The SMILES string of the molecule is C=CCNC(=O)[C@@H](C)Sc1nnc([C@H](C)N2CCCCC2)n1-c1ccc(F)cc1. The molecule has 0 radical (unpaired) electrons. The van der Waals surface area contributed by atoms with Crippen molar-refractivity contribution in [3.8, 4) is 5.69 Å². The number of halogens is 1. The van der Waals surface area contributed by atoms with Crippen molar-refractivity contribution in [1.82, 2.24) is 25.0 Å². The van der Waals surface area contributed by atoms with Crippen LogP contribution in [0.5, 0.6) is 0 Å². The largest absolute Gasteiger partial charge is 0.352 e. The molecule has 2 aromatic rings. The summed E-state index contributed by atoms with van der Waals surface area (Å²) >= 11 is 1.34. The van der Waals surface area contributed by atoms with Crippen LogP contribution in [0.15, 0.2) is 42.1 Å². The standard InChI is InChI=1S/C21H28FN5OS/c1-4-12-23-20(28)16(3)29-21-25-24-19(15(2)26-13-6-5-7-14-26)27(21)18-10-8-17(22)9-11-18/h4,8-11,15-16H,1,5-7,12-14H2,2-3H3,(H,23,28)/t15-,16+/m0/s1. The van der Waals surface area contributed by atoms with Gasteiger partial charge in [0.2, 0.25) is 5.91 Å². The van der Waals surface area contributed by atoms with Gasteiger partial charge in [-0.15, -0.1) is 16.8 Å². The van der Waals surface area contributed by atoms with Gasteiger partial charge in [-0.05, 0) is 64.0 Å². The number of benzene rings is 1. The molecule has 1 fully saturated rings. The third-order valence-electron chi connectivity index (χ3n) is 5.13. The Morgan fingerprint density at radius 1 is 1.24 bits per heavy atom. The highest BCUT2D eigenvalue weighted by molar-refractivity contribution is 8.00. The Kier molecular flexibility index (Phi) is 7.44. The number of thioether (sulfide) groups is 1. The number of nitrogens with one attached hydrogen (secondary N) is 1. The Bertz CT molecular complexity index is 832. The number of hydrogen-bond acceptors (Lipinski definition) is 5. The molecule has 1 aromatic heterocycles. The molecule has 8 heteroatoms. The van der Waals surface area contributed by atoms with E-state index in [-0.39, 0.29) is 23.0 Å². The van der Waals surface area contributed by atoms with E-state index in [0.29, 0.717) is 11.7 Å². The maximum absolute atomic E-state index is 13.5. The first-order valence-electron chi connectivity index (χ1n) is 10.0. The topological polar surface area (TPSA) is 63.1 Å². The second kappa shape index (κ2) is 10.0. The van der Waals surface area contributed by atoms with E-state index < -0.39 is 0 Å². The number of aromatic nitrogens is 3. The molecule has 1 saturated heterocycles. The maximum Gasteiger partial charge on any atom is 0.233 e. The van der Waals surface area contributed by atoms with Gasteiger partial charge < -0.3 is 5.32 Å². The van der Waals surface area contributed by atoms with Crippen molar-refractivity contribution in [2.45, 2.75) is 49.6 Å². The average molecular weight is 418 g/mol. The quantitative estimate of drug-likeness (QED) is 0.524. The number of likely N-dealkylation sites (tertiary alicyclic amines) is 1. The van der Waals surface area contributed by atoms with Crippen LogP contribution in [0.1, 0.15) is 45.0 Å². The lowest BCUT2D eigenvalue weighted by atomic mass is 10.1. The summed E-state index contributed by atoms with van der Waals surface area (Å²) in [4.78, 5) is 14.7. The monoisotopic (exact) mass is 417 g/mol. The molecule has 1 amide bonds. The molecule has 1 N–H and O–H groups in total. The molecule has 2 heterocycles. The van der Waals surface area contributed by atoms with Crippen LogP contribution >= 0.6 is 11.8 Å². The molecule has 0 aliphatic carbocycles. The van der Waals surface area contributed by atoms with E-state index in [0.717, 1.165) is 24.6 Å². The van der Waals surface area contributed by atoms with Crippen LogP contribution in [0.2, 0.25) is 0 Å². The summed E-state index contributed by atoms with van der Waals surface area (Å²) < 4.78 is 15.4. The van der Waals surface area contributed by atoms with Gasteiger partial charge in [-0.1, -0.05) is 24.3 Å². The van der Waals surface area contributed by atoms with Gasteiger partial charge >= 0.3 is 0 Å². The highest BCUT2D eigenvalue weighted by atomic mass is 32.2. The zero-order valence-corrected chi connectivity index (χ0v) is 17.8. The number of carbonyl (C=O) groups excluding carboxylic acids is 1. The minimum absolute atomic E-state index is 0.0760. The molecule has 0 bridgehead atoms. The zero-order chi connectivity index (χ0) is 20.8. The molecule has 0 saturated carbocycles. The van der Waals surface area contributed by atoms with Crippen LogP contribution in [0.3, 0.4) is 0 Å². The predicted octanol–water partition coefficient (Wildman–Crippen LogP) is 3.74. The summed E-state index contributed by atoms with van der Waals surface area (Å²) in [6, 6.07) is 6.38. The first kappa shape index (κ1) is 21.5. The van der Waals surface area contributed by atoms with Crippen LogP contribution < -0.4 is 5.32 Å². The Labute approximate surface area is 175 Å². The van der Waals surface area contributed by atoms with Gasteiger partial charge in [0.15, 0.2) is 11.0 Å². The van der Waals surface area contributed by atoms with Gasteiger partial charge in [0.05, 0.1) is 11.3 Å². The molecule has 2 atom stereocenters. The Balaban J connectivity index is 1.91. The fraction of sp³-hybridized carbons (Fsp3) is 0.476. The fourth-order valence-electron chi connectivity index (χ4n) is 3.46. The summed E-state index contributed by atoms with van der Waals surface area (Å²) in [6.07, 6.45) is 5.26. The third-order valence-corrected chi connectivity index (χ3v) is 6.17. The van der Waals surface area contributed by atoms with Crippen molar-refractivity contribution in [2.24, 2.45) is 0 Å². The van der Waals surface area contributed by atoms with Crippen molar-refractivity contribution in [2.75, 3.05) is 19.6 Å². The van der Waals surface area contributed by atoms with Crippen LogP contribution in [-0.2, 0) is 4.79 Å². The van der Waals surface area contributed by atoms with Crippen molar-refractivity contribution < 1.29 is 9.18 Å². The molecule has 3 rings (SSSR count). The highest BCUT2D eigenvalue weighted by Gasteiger charge is 2.27. The van der Waals surface area contributed by atoms with Gasteiger partial charge in [-0.2, -0.15) is 0 Å². The maximum atomic E-state index is 13.5. The second-order valence-corrected chi connectivity index (χ2v) is 8.53. The number of amides is 1. The van der Waals surface area contributed by atoms with Crippen molar-refractivity contribution >= 4 is 17.7 Å². The van der Waals surface area contributed by atoms with Crippen LogP contribution in [0, 0.1) is 5.82 Å². The summed E-state index contributed by atoms with van der Waals surface area (Å²) in [5.74, 6) is 0.424. The summed E-state index contributed by atoms with van der Waals surface area (Å²) in [5.41, 5.74) is 0.788. The van der Waals surface area contributed by atoms with Gasteiger partial charge in [-0.25, -0.2) is 4.39 Å². The van der Waals surface area contributed by atoms with E-state index in [4.69, 9.17) is 0 Å². The Morgan fingerprint density at radius 2 is 1.93 bits per heavy atom. The van der Waals surface area contributed by atoms with E-state index in [2.05, 4.69) is 33.9 Å². The molecule has 156 valence electrons. The number of nitrogens with zero attached hydrogens (tertiary/aromatic N) is 4. The smallest absolute Gasteiger partial charge is 0.233 e. The van der Waals surface area contributed by atoms with Gasteiger partial charge in [0.1, 0.15) is 5.82 Å². The van der Waals surface area contributed by atoms with E-state index in [9.17, 15) is 9.18 Å². The predicted molar refractivity (Wildman–Crippen MR) is 114 cm³/mol. The lowest BCUT2D eigenvalue weighted by Crippen LogP contribution is -2.33. The molecule has 1 aromatic carbocycles. The molecule has 0 unspecified atom stereocenters. The van der Waals surface area contributed by atoms with Crippen LogP contribution in [0.25, 0.3) is 5.69 Å².